The summed E-state index contributed by atoms with van der Waals surface area (Å²) in [6.45, 7) is 2.22. The Kier molecular flexibility index (Phi) is 6.40. The molecule has 0 saturated heterocycles. The van der Waals surface area contributed by atoms with Gasteiger partial charge in [-0.2, -0.15) is 0 Å². The quantitative estimate of drug-likeness (QED) is 0.223. The maximum Gasteiger partial charge on any atom is 0.307 e. The van der Waals surface area contributed by atoms with Crippen molar-refractivity contribution in [2.45, 2.75) is 13.3 Å². The Hall–Kier alpha value is -4.46. The van der Waals surface area contributed by atoms with Crippen molar-refractivity contribution < 1.29 is 14.3 Å². The highest BCUT2D eigenvalue weighted by Gasteiger charge is 2.17. The Balaban J connectivity index is 1.77. The molecule has 1 aromatic heterocycles. The minimum Gasteiger partial charge on any atom is -0.469 e. The second kappa shape index (κ2) is 9.58. The number of esters is 1. The molecule has 0 aliphatic heterocycles. The molecule has 4 rings (SSSR count). The van der Waals surface area contributed by atoms with Crippen LogP contribution in [0, 0.1) is 12.3 Å². The molecule has 0 saturated carbocycles. The van der Waals surface area contributed by atoms with Crippen molar-refractivity contribution in [3.63, 3.8) is 0 Å². The first kappa shape index (κ1) is 22.7. The van der Waals surface area contributed by atoms with E-state index in [1.807, 2.05) is 47.9 Å². The van der Waals surface area contributed by atoms with Crippen LogP contribution < -0.4 is 11.1 Å². The van der Waals surface area contributed by atoms with Crippen molar-refractivity contribution >= 4 is 28.7 Å². The molecule has 1 amide bonds. The van der Waals surface area contributed by atoms with E-state index in [9.17, 15) is 9.59 Å². The van der Waals surface area contributed by atoms with Gasteiger partial charge in [0.05, 0.1) is 24.6 Å². The fourth-order valence-electron chi connectivity index (χ4n) is 3.72. The lowest BCUT2D eigenvalue weighted by Crippen LogP contribution is -2.26. The van der Waals surface area contributed by atoms with E-state index in [0.29, 0.717) is 22.5 Å². The first-order valence-corrected chi connectivity index (χ1v) is 10.8. The number of ether oxygens (including phenoxy) is 1. The van der Waals surface area contributed by atoms with Gasteiger partial charge in [0, 0.05) is 28.9 Å². The van der Waals surface area contributed by atoms with Gasteiger partial charge in [-0.25, -0.2) is 4.98 Å². The van der Waals surface area contributed by atoms with Gasteiger partial charge in [-0.05, 0) is 42.8 Å². The number of nitrogens with zero attached hydrogens (tertiary/aromatic N) is 2. The third-order valence-corrected chi connectivity index (χ3v) is 5.47. The zero-order valence-corrected chi connectivity index (χ0v) is 19.0. The molecule has 0 bridgehead atoms. The average molecular weight is 456 g/mol. The largest absolute Gasteiger partial charge is 0.469 e. The molecule has 172 valence electrons. The summed E-state index contributed by atoms with van der Waals surface area (Å²) in [5, 5.41) is 10.4. The Morgan fingerprint density at radius 3 is 2.47 bits per heavy atom. The molecule has 0 radical (unpaired) electrons. The molecule has 1 heterocycles. The maximum absolute atomic E-state index is 12.6. The van der Waals surface area contributed by atoms with E-state index in [-0.39, 0.29) is 30.7 Å². The molecule has 0 unspecified atom stereocenters. The molecule has 0 fully saturated rings. The van der Waals surface area contributed by atoms with E-state index in [4.69, 9.17) is 16.1 Å². The van der Waals surface area contributed by atoms with Crippen molar-refractivity contribution in [3.05, 3.63) is 83.4 Å². The number of benzene rings is 3. The number of fused-ring (bicyclic) bond motifs is 1. The van der Waals surface area contributed by atoms with Gasteiger partial charge in [0.15, 0.2) is 0 Å². The molecule has 4 N–H and O–H groups in total. The van der Waals surface area contributed by atoms with E-state index in [2.05, 4.69) is 16.1 Å². The lowest BCUT2D eigenvalue weighted by molar-refractivity contribution is -0.140. The Labute approximate surface area is 196 Å². The number of methoxy groups -OCH3 is 1. The van der Waals surface area contributed by atoms with Gasteiger partial charge in [0.2, 0.25) is 0 Å². The average Bonchev–Trinajstić information content (AvgIpc) is 3.22. The molecule has 0 aliphatic rings. The van der Waals surface area contributed by atoms with Crippen molar-refractivity contribution in [1.29, 1.82) is 5.41 Å². The molecule has 0 spiro atoms. The highest BCUT2D eigenvalue weighted by molar-refractivity contribution is 5.98. The van der Waals surface area contributed by atoms with E-state index >= 15 is 0 Å². The molecular weight excluding hydrogens is 430 g/mol. The van der Waals surface area contributed by atoms with Gasteiger partial charge >= 0.3 is 5.97 Å². The van der Waals surface area contributed by atoms with Gasteiger partial charge in [-0.1, -0.05) is 36.4 Å². The zero-order chi connectivity index (χ0) is 24.2. The SMILES string of the molecule is COC(=O)CCNC(=O)c1ccc2c(c1)nc(-c1ccc(C(=N)N)cc1)n2-c1cccc(C)c1. The lowest BCUT2D eigenvalue weighted by Gasteiger charge is -2.11. The van der Waals surface area contributed by atoms with Crippen LogP contribution in [0.2, 0.25) is 0 Å². The number of nitrogens with two attached hydrogens (primary N) is 1. The number of amidine groups is 1. The van der Waals surface area contributed by atoms with Gasteiger partial charge in [-0.3, -0.25) is 19.6 Å². The standard InChI is InChI=1S/C26H25N5O3/c1-16-4-3-5-20(14-16)31-22-11-10-19(26(33)29-13-12-23(32)34-2)15-21(22)30-25(31)18-8-6-17(7-9-18)24(27)28/h3-11,14-15H,12-13H2,1-2H3,(H3,27,28)(H,29,33). The second-order valence-corrected chi connectivity index (χ2v) is 7.89. The zero-order valence-electron chi connectivity index (χ0n) is 19.0. The minimum absolute atomic E-state index is 0.00147. The van der Waals surface area contributed by atoms with Crippen molar-refractivity contribution in [2.75, 3.05) is 13.7 Å². The van der Waals surface area contributed by atoms with Crippen LogP contribution >= 0.6 is 0 Å². The Morgan fingerprint density at radius 1 is 1.06 bits per heavy atom. The highest BCUT2D eigenvalue weighted by Crippen LogP contribution is 2.30. The number of hydrogen-bond acceptors (Lipinski definition) is 5. The number of aryl methyl sites for hydroxylation is 1. The van der Waals surface area contributed by atoms with E-state index < -0.39 is 0 Å². The van der Waals surface area contributed by atoms with Crippen LogP contribution in [-0.2, 0) is 9.53 Å². The van der Waals surface area contributed by atoms with Crippen LogP contribution in [0.1, 0.15) is 27.9 Å². The number of amides is 1. The predicted molar refractivity (Wildman–Crippen MR) is 131 cm³/mol. The molecular formula is C26H25N5O3. The van der Waals surface area contributed by atoms with Crippen LogP contribution in [0.25, 0.3) is 28.1 Å². The van der Waals surface area contributed by atoms with Crippen LogP contribution in [0.15, 0.2) is 66.7 Å². The fraction of sp³-hybridized carbons (Fsp3) is 0.154. The molecule has 8 nitrogen and oxygen atoms in total. The Morgan fingerprint density at radius 2 is 1.79 bits per heavy atom. The van der Waals surface area contributed by atoms with Crippen LogP contribution in [-0.4, -0.2) is 40.9 Å². The van der Waals surface area contributed by atoms with E-state index in [0.717, 1.165) is 22.3 Å². The minimum atomic E-state index is -0.381. The van der Waals surface area contributed by atoms with Gasteiger partial charge in [-0.15, -0.1) is 0 Å². The third-order valence-electron chi connectivity index (χ3n) is 5.47. The number of carbonyl (C=O) groups excluding carboxylic acids is 2. The number of nitrogen functional groups attached to an aromatic ring is 1. The number of carbonyl (C=O) groups is 2. The van der Waals surface area contributed by atoms with Crippen LogP contribution in [0.4, 0.5) is 0 Å². The predicted octanol–water partition coefficient (Wildman–Crippen LogP) is 3.58. The van der Waals surface area contributed by atoms with Gasteiger partial charge in [0.1, 0.15) is 11.7 Å². The number of imidazole rings is 1. The molecule has 34 heavy (non-hydrogen) atoms. The maximum atomic E-state index is 12.6. The first-order valence-electron chi connectivity index (χ1n) is 10.8. The van der Waals surface area contributed by atoms with E-state index in [1.54, 1.807) is 24.3 Å². The highest BCUT2D eigenvalue weighted by atomic mass is 16.5. The summed E-state index contributed by atoms with van der Waals surface area (Å²) in [6.07, 6.45) is 0.104. The molecule has 3 aromatic carbocycles. The van der Waals surface area contributed by atoms with Crippen LogP contribution in [0.5, 0.6) is 0 Å². The van der Waals surface area contributed by atoms with Gasteiger partial charge < -0.3 is 15.8 Å². The van der Waals surface area contributed by atoms with Crippen molar-refractivity contribution in [2.24, 2.45) is 5.73 Å². The van der Waals surface area contributed by atoms with E-state index in [1.165, 1.54) is 7.11 Å². The van der Waals surface area contributed by atoms with Crippen LogP contribution in [0.3, 0.4) is 0 Å². The van der Waals surface area contributed by atoms with Crippen molar-refractivity contribution in [3.8, 4) is 17.1 Å². The number of hydrogen-bond donors (Lipinski definition) is 3. The summed E-state index contributed by atoms with van der Waals surface area (Å²) in [4.78, 5) is 28.7. The lowest BCUT2D eigenvalue weighted by atomic mass is 10.1. The summed E-state index contributed by atoms with van der Waals surface area (Å²) >= 11 is 0. The summed E-state index contributed by atoms with van der Waals surface area (Å²) in [5.41, 5.74) is 11.1. The summed E-state index contributed by atoms with van der Waals surface area (Å²) in [7, 11) is 1.31. The second-order valence-electron chi connectivity index (χ2n) is 7.89. The number of nitrogens with one attached hydrogen (secondary N) is 2. The third kappa shape index (κ3) is 4.66. The molecule has 8 heteroatoms. The molecule has 0 atom stereocenters. The first-order chi connectivity index (χ1) is 16.4. The van der Waals surface area contributed by atoms with Gasteiger partial charge in [0.25, 0.3) is 5.91 Å². The normalized spacial score (nSPS) is 10.8. The Bertz CT molecular complexity index is 1390. The summed E-state index contributed by atoms with van der Waals surface area (Å²) < 4.78 is 6.65. The topological polar surface area (TPSA) is 123 Å². The smallest absolute Gasteiger partial charge is 0.307 e. The fourth-order valence-corrected chi connectivity index (χ4v) is 3.72. The monoisotopic (exact) mass is 455 g/mol. The summed E-state index contributed by atoms with van der Waals surface area (Å²) in [5.74, 6) is 0.0388. The molecule has 0 aliphatic carbocycles. The summed E-state index contributed by atoms with van der Waals surface area (Å²) in [6, 6.07) is 20.8. The number of rotatable bonds is 7. The number of aromatic nitrogens is 2. The molecule has 4 aromatic rings. The van der Waals surface area contributed by atoms with Crippen molar-refractivity contribution in [1.82, 2.24) is 14.9 Å².